The van der Waals surface area contributed by atoms with Crippen molar-refractivity contribution in [3.05, 3.63) is 68.1 Å². The Kier molecular flexibility index (Phi) is 4.33. The summed E-state index contributed by atoms with van der Waals surface area (Å²) in [4.78, 5) is 27.2. The highest BCUT2D eigenvalue weighted by Crippen LogP contribution is 2.25. The van der Waals surface area contributed by atoms with E-state index in [9.17, 15) is 9.59 Å². The van der Waals surface area contributed by atoms with E-state index in [1.165, 1.54) is 17.5 Å². The van der Waals surface area contributed by atoms with Gasteiger partial charge in [-0.25, -0.2) is 0 Å². The van der Waals surface area contributed by atoms with Crippen molar-refractivity contribution in [1.29, 1.82) is 0 Å². The van der Waals surface area contributed by atoms with Crippen molar-refractivity contribution in [2.75, 3.05) is 0 Å². The van der Waals surface area contributed by atoms with Crippen molar-refractivity contribution in [3.63, 3.8) is 0 Å². The molecule has 0 atom stereocenters. The van der Waals surface area contributed by atoms with Gasteiger partial charge in [0.25, 0.3) is 5.56 Å². The van der Waals surface area contributed by atoms with E-state index < -0.39 is 5.91 Å². The Morgan fingerprint density at radius 1 is 1.13 bits per heavy atom. The van der Waals surface area contributed by atoms with Crippen molar-refractivity contribution in [1.82, 2.24) is 4.98 Å². The van der Waals surface area contributed by atoms with Crippen LogP contribution in [0.4, 0.5) is 0 Å². The molecule has 0 fully saturated rings. The lowest BCUT2D eigenvalue weighted by atomic mass is 9.92. The number of aryl methyl sites for hydroxylation is 1. The average Bonchev–Trinajstić information content (AvgIpc) is 2.78. The number of hydrogen-bond acceptors (Lipinski definition) is 2. The maximum atomic E-state index is 12.5. The third-order valence-corrected chi connectivity index (χ3v) is 4.76. The Balaban J connectivity index is 2.11. The van der Waals surface area contributed by atoms with Gasteiger partial charge in [0.05, 0.1) is 0 Å². The standard InChI is InChI=1S/C19H22N2O2/c1-12-14-8-3-2-4-10-16(14)17(19(23)21-12)11-13-7-5-6-9-15(13)18(20)22/h5-7,9H,2-4,8,10-11H2,1H3,(H2,20,22)(H,21,23). The van der Waals surface area contributed by atoms with Crippen molar-refractivity contribution in [2.24, 2.45) is 5.73 Å². The summed E-state index contributed by atoms with van der Waals surface area (Å²) in [5, 5.41) is 0. The third-order valence-electron chi connectivity index (χ3n) is 4.76. The molecular formula is C19H22N2O2. The number of pyridine rings is 1. The fourth-order valence-electron chi connectivity index (χ4n) is 3.58. The van der Waals surface area contributed by atoms with Crippen LogP contribution in [0.2, 0.25) is 0 Å². The van der Waals surface area contributed by atoms with Gasteiger partial charge in [0.2, 0.25) is 5.91 Å². The molecule has 4 nitrogen and oxygen atoms in total. The van der Waals surface area contributed by atoms with E-state index in [0.717, 1.165) is 42.5 Å². The van der Waals surface area contributed by atoms with Crippen LogP contribution in [0.15, 0.2) is 29.1 Å². The lowest BCUT2D eigenvalue weighted by molar-refractivity contribution is 0.0999. The first-order valence-electron chi connectivity index (χ1n) is 8.19. The molecule has 1 aromatic heterocycles. The monoisotopic (exact) mass is 310 g/mol. The summed E-state index contributed by atoms with van der Waals surface area (Å²) in [6.07, 6.45) is 5.88. The van der Waals surface area contributed by atoms with Crippen LogP contribution in [-0.2, 0) is 19.3 Å². The molecule has 3 rings (SSSR count). The largest absolute Gasteiger partial charge is 0.366 e. The van der Waals surface area contributed by atoms with Crippen molar-refractivity contribution >= 4 is 5.91 Å². The minimum absolute atomic E-state index is 0.0394. The quantitative estimate of drug-likeness (QED) is 0.855. The first kappa shape index (κ1) is 15.5. The van der Waals surface area contributed by atoms with Crippen molar-refractivity contribution in [3.8, 4) is 0 Å². The molecule has 2 aromatic rings. The number of nitrogens with one attached hydrogen (secondary N) is 1. The highest BCUT2D eigenvalue weighted by molar-refractivity contribution is 5.94. The number of H-pyrrole nitrogens is 1. The van der Waals surface area contributed by atoms with E-state index in [1.807, 2.05) is 19.1 Å². The van der Waals surface area contributed by atoms with Crippen LogP contribution in [0.1, 0.15) is 57.6 Å². The highest BCUT2D eigenvalue weighted by Gasteiger charge is 2.19. The Morgan fingerprint density at radius 3 is 2.57 bits per heavy atom. The number of carbonyl (C=O) groups is 1. The van der Waals surface area contributed by atoms with Crippen LogP contribution < -0.4 is 11.3 Å². The highest BCUT2D eigenvalue weighted by atomic mass is 16.1. The number of benzene rings is 1. The lowest BCUT2D eigenvalue weighted by Crippen LogP contribution is -2.21. The maximum absolute atomic E-state index is 12.5. The first-order valence-corrected chi connectivity index (χ1v) is 8.19. The number of fused-ring (bicyclic) bond motifs is 1. The molecule has 120 valence electrons. The molecule has 0 saturated carbocycles. The molecular weight excluding hydrogens is 288 g/mol. The zero-order valence-corrected chi connectivity index (χ0v) is 13.4. The average molecular weight is 310 g/mol. The minimum atomic E-state index is -0.449. The Hall–Kier alpha value is -2.36. The topological polar surface area (TPSA) is 75.9 Å². The van der Waals surface area contributed by atoms with Gasteiger partial charge in [-0.2, -0.15) is 0 Å². The van der Waals surface area contributed by atoms with Crippen LogP contribution in [0.25, 0.3) is 0 Å². The zero-order chi connectivity index (χ0) is 16.4. The van der Waals surface area contributed by atoms with Gasteiger partial charge in [-0.15, -0.1) is 0 Å². The van der Waals surface area contributed by atoms with Crippen LogP contribution >= 0.6 is 0 Å². The molecule has 1 aliphatic carbocycles. The predicted molar refractivity (Wildman–Crippen MR) is 90.8 cm³/mol. The number of nitrogens with two attached hydrogens (primary N) is 1. The first-order chi connectivity index (χ1) is 11.1. The Bertz CT molecular complexity index is 806. The molecule has 23 heavy (non-hydrogen) atoms. The second kappa shape index (κ2) is 6.41. The predicted octanol–water partition coefficient (Wildman–Crippen LogP) is 2.64. The molecule has 0 aliphatic heterocycles. The Labute approximate surface area is 135 Å². The second-order valence-electron chi connectivity index (χ2n) is 6.27. The summed E-state index contributed by atoms with van der Waals surface area (Å²) >= 11 is 0. The number of aromatic amines is 1. The smallest absolute Gasteiger partial charge is 0.251 e. The SMILES string of the molecule is Cc1[nH]c(=O)c(Cc2ccccc2C(N)=O)c2c1CCCCC2. The van der Waals surface area contributed by atoms with Gasteiger partial charge in [-0.1, -0.05) is 24.6 Å². The summed E-state index contributed by atoms with van der Waals surface area (Å²) < 4.78 is 0. The fourth-order valence-corrected chi connectivity index (χ4v) is 3.58. The molecule has 0 spiro atoms. The van der Waals surface area contributed by atoms with Gasteiger partial charge in [-0.3, -0.25) is 9.59 Å². The van der Waals surface area contributed by atoms with E-state index in [-0.39, 0.29) is 5.56 Å². The second-order valence-corrected chi connectivity index (χ2v) is 6.27. The summed E-state index contributed by atoms with van der Waals surface area (Å²) in [6.45, 7) is 1.98. The van der Waals surface area contributed by atoms with Gasteiger partial charge in [-0.05, 0) is 55.4 Å². The van der Waals surface area contributed by atoms with Gasteiger partial charge in [0.15, 0.2) is 0 Å². The van der Waals surface area contributed by atoms with Gasteiger partial charge in [0.1, 0.15) is 0 Å². The van der Waals surface area contributed by atoms with Crippen LogP contribution in [0.5, 0.6) is 0 Å². The van der Waals surface area contributed by atoms with Gasteiger partial charge in [0, 0.05) is 23.2 Å². The van der Waals surface area contributed by atoms with Gasteiger partial charge >= 0.3 is 0 Å². The Morgan fingerprint density at radius 2 is 1.83 bits per heavy atom. The molecule has 1 aromatic carbocycles. The number of primary amides is 1. The van der Waals surface area contributed by atoms with Crippen LogP contribution in [0, 0.1) is 6.92 Å². The minimum Gasteiger partial charge on any atom is -0.366 e. The molecule has 1 heterocycles. The van der Waals surface area contributed by atoms with E-state index in [2.05, 4.69) is 4.98 Å². The van der Waals surface area contributed by atoms with E-state index in [4.69, 9.17) is 5.73 Å². The van der Waals surface area contributed by atoms with Crippen molar-refractivity contribution in [2.45, 2.75) is 45.4 Å². The molecule has 0 unspecified atom stereocenters. The molecule has 4 heteroatoms. The number of hydrogen-bond donors (Lipinski definition) is 2. The molecule has 0 radical (unpaired) electrons. The summed E-state index contributed by atoms with van der Waals surface area (Å²) in [7, 11) is 0. The molecule has 0 saturated heterocycles. The number of aromatic nitrogens is 1. The lowest BCUT2D eigenvalue weighted by Gasteiger charge is -2.15. The van der Waals surface area contributed by atoms with E-state index in [1.54, 1.807) is 12.1 Å². The number of amides is 1. The van der Waals surface area contributed by atoms with Crippen LogP contribution in [0.3, 0.4) is 0 Å². The fraction of sp³-hybridized carbons (Fsp3) is 0.368. The summed E-state index contributed by atoms with van der Waals surface area (Å²) in [6, 6.07) is 7.27. The molecule has 1 aliphatic rings. The summed E-state index contributed by atoms with van der Waals surface area (Å²) in [5.41, 5.74) is 11.0. The maximum Gasteiger partial charge on any atom is 0.251 e. The van der Waals surface area contributed by atoms with Crippen LogP contribution in [-0.4, -0.2) is 10.9 Å². The number of carbonyl (C=O) groups excluding carboxylic acids is 1. The van der Waals surface area contributed by atoms with E-state index >= 15 is 0 Å². The zero-order valence-electron chi connectivity index (χ0n) is 13.4. The normalized spacial score (nSPS) is 14.1. The summed E-state index contributed by atoms with van der Waals surface area (Å²) in [5.74, 6) is -0.449. The van der Waals surface area contributed by atoms with E-state index in [0.29, 0.717) is 12.0 Å². The van der Waals surface area contributed by atoms with Crippen molar-refractivity contribution < 1.29 is 4.79 Å². The third kappa shape index (κ3) is 3.07. The number of rotatable bonds is 3. The van der Waals surface area contributed by atoms with Gasteiger partial charge < -0.3 is 10.7 Å². The molecule has 0 bridgehead atoms. The molecule has 3 N–H and O–H groups in total. The molecule has 1 amide bonds.